The topological polar surface area (TPSA) is 29.3 Å². The van der Waals surface area contributed by atoms with Crippen molar-refractivity contribution >= 4 is 0 Å². The monoisotopic (exact) mass is 298 g/mol. The predicted molar refractivity (Wildman–Crippen MR) is 89.6 cm³/mol. The van der Waals surface area contributed by atoms with Crippen molar-refractivity contribution in [2.24, 2.45) is 5.92 Å². The van der Waals surface area contributed by atoms with Gasteiger partial charge in [-0.2, -0.15) is 0 Å². The third-order valence-electron chi connectivity index (χ3n) is 4.71. The van der Waals surface area contributed by atoms with Crippen molar-refractivity contribution in [3.05, 3.63) is 41.7 Å². The highest BCUT2D eigenvalue weighted by Crippen LogP contribution is 2.28. The van der Waals surface area contributed by atoms with Crippen LogP contribution in [0, 0.1) is 12.8 Å². The Morgan fingerprint density at radius 3 is 2.86 bits per heavy atom. The molecule has 1 aromatic heterocycles. The third kappa shape index (κ3) is 3.41. The van der Waals surface area contributed by atoms with E-state index in [0.29, 0.717) is 0 Å². The van der Waals surface area contributed by atoms with Gasteiger partial charge < -0.3 is 4.52 Å². The summed E-state index contributed by atoms with van der Waals surface area (Å²) in [6, 6.07) is 10.4. The maximum absolute atomic E-state index is 5.49. The van der Waals surface area contributed by atoms with Crippen molar-refractivity contribution in [3.63, 3.8) is 0 Å². The molecule has 1 fully saturated rings. The number of aryl methyl sites for hydroxylation is 1. The Hall–Kier alpha value is -1.61. The van der Waals surface area contributed by atoms with Crippen molar-refractivity contribution in [3.8, 4) is 11.3 Å². The summed E-state index contributed by atoms with van der Waals surface area (Å²) < 4.78 is 5.49. The van der Waals surface area contributed by atoms with Gasteiger partial charge in [-0.25, -0.2) is 0 Å². The second kappa shape index (κ2) is 7.10. The summed E-state index contributed by atoms with van der Waals surface area (Å²) in [7, 11) is 0. The summed E-state index contributed by atoms with van der Waals surface area (Å²) in [6.07, 6.45) is 5.35. The van der Waals surface area contributed by atoms with Crippen LogP contribution in [0.3, 0.4) is 0 Å². The third-order valence-corrected chi connectivity index (χ3v) is 4.71. The van der Waals surface area contributed by atoms with Crippen molar-refractivity contribution in [1.29, 1.82) is 0 Å². The zero-order valence-electron chi connectivity index (χ0n) is 13.7. The zero-order valence-corrected chi connectivity index (χ0v) is 13.7. The number of benzene rings is 1. The highest BCUT2D eigenvalue weighted by Gasteiger charge is 2.23. The van der Waals surface area contributed by atoms with Crippen LogP contribution in [0.2, 0.25) is 0 Å². The van der Waals surface area contributed by atoms with Crippen LogP contribution in [0.5, 0.6) is 0 Å². The van der Waals surface area contributed by atoms with Crippen LogP contribution in [-0.4, -0.2) is 23.1 Å². The zero-order chi connectivity index (χ0) is 15.4. The first kappa shape index (κ1) is 15.3. The maximum atomic E-state index is 5.49. The van der Waals surface area contributed by atoms with Gasteiger partial charge in [0.1, 0.15) is 11.5 Å². The van der Waals surface area contributed by atoms with E-state index in [0.717, 1.165) is 29.5 Å². The molecule has 0 amide bonds. The smallest absolute Gasteiger partial charge is 0.138 e. The number of likely N-dealkylation sites (tertiary alicyclic amines) is 1. The molecule has 2 aromatic rings. The van der Waals surface area contributed by atoms with Crippen LogP contribution in [0.4, 0.5) is 0 Å². The van der Waals surface area contributed by atoms with Gasteiger partial charge in [0, 0.05) is 24.2 Å². The highest BCUT2D eigenvalue weighted by atomic mass is 16.5. The van der Waals surface area contributed by atoms with Crippen molar-refractivity contribution in [2.45, 2.75) is 46.1 Å². The number of rotatable bonds is 5. The van der Waals surface area contributed by atoms with E-state index in [9.17, 15) is 0 Å². The first-order chi connectivity index (χ1) is 10.8. The normalized spacial score (nSPS) is 19.5. The second-order valence-corrected chi connectivity index (χ2v) is 6.46. The van der Waals surface area contributed by atoms with Crippen LogP contribution >= 0.6 is 0 Å². The van der Waals surface area contributed by atoms with Crippen molar-refractivity contribution in [1.82, 2.24) is 10.1 Å². The first-order valence-corrected chi connectivity index (χ1v) is 8.51. The molecule has 22 heavy (non-hydrogen) atoms. The molecule has 0 radical (unpaired) electrons. The van der Waals surface area contributed by atoms with E-state index in [1.54, 1.807) is 0 Å². The summed E-state index contributed by atoms with van der Waals surface area (Å²) in [6.45, 7) is 7.68. The quantitative estimate of drug-likeness (QED) is 0.804. The van der Waals surface area contributed by atoms with E-state index in [4.69, 9.17) is 4.52 Å². The lowest BCUT2D eigenvalue weighted by Gasteiger charge is -2.32. The van der Waals surface area contributed by atoms with Crippen LogP contribution in [0.25, 0.3) is 11.3 Å². The molecule has 0 saturated carbocycles. The highest BCUT2D eigenvalue weighted by molar-refractivity contribution is 5.63. The minimum atomic E-state index is 0.860. The fraction of sp³-hybridized carbons (Fsp3) is 0.526. The van der Waals surface area contributed by atoms with Gasteiger partial charge >= 0.3 is 0 Å². The van der Waals surface area contributed by atoms with Crippen LogP contribution in [0.1, 0.15) is 43.9 Å². The molecule has 3 nitrogen and oxygen atoms in total. The maximum Gasteiger partial charge on any atom is 0.138 e. The van der Waals surface area contributed by atoms with Gasteiger partial charge in [0.25, 0.3) is 0 Å². The molecule has 3 rings (SSSR count). The molecule has 1 aliphatic rings. The molecule has 0 spiro atoms. The summed E-state index contributed by atoms with van der Waals surface area (Å²) in [5, 5.41) is 4.31. The molecular formula is C19H26N2O. The minimum Gasteiger partial charge on any atom is -0.361 e. The summed E-state index contributed by atoms with van der Waals surface area (Å²) >= 11 is 0. The SMILES string of the molecule is CCC[C@@H]1CCCN(Cc2c(-c3ccccc3)noc2C)C1. The summed E-state index contributed by atoms with van der Waals surface area (Å²) in [5.41, 5.74) is 3.41. The second-order valence-electron chi connectivity index (χ2n) is 6.46. The van der Waals surface area contributed by atoms with Crippen LogP contribution in [0.15, 0.2) is 34.9 Å². The van der Waals surface area contributed by atoms with Crippen molar-refractivity contribution in [2.75, 3.05) is 13.1 Å². The van der Waals surface area contributed by atoms with E-state index >= 15 is 0 Å². The Labute approximate surface area is 133 Å². The summed E-state index contributed by atoms with van der Waals surface area (Å²) in [4.78, 5) is 2.58. The minimum absolute atomic E-state index is 0.860. The Kier molecular flexibility index (Phi) is 4.94. The molecule has 118 valence electrons. The van der Waals surface area contributed by atoms with Gasteiger partial charge in [-0.05, 0) is 38.6 Å². The molecule has 3 heteroatoms. The average molecular weight is 298 g/mol. The molecule has 2 heterocycles. The standard InChI is InChI=1S/C19H26N2O/c1-3-8-16-9-7-12-21(13-16)14-18-15(2)22-20-19(18)17-10-5-4-6-11-17/h4-6,10-11,16H,3,7-9,12-14H2,1-2H3/t16-/m1/s1. The van der Waals surface area contributed by atoms with Gasteiger partial charge in [-0.1, -0.05) is 48.8 Å². The average Bonchev–Trinajstić information content (AvgIpc) is 2.90. The molecule has 0 bridgehead atoms. The Balaban J connectivity index is 1.76. The Morgan fingerprint density at radius 2 is 2.09 bits per heavy atom. The number of nitrogens with zero attached hydrogens (tertiary/aromatic N) is 2. The number of aromatic nitrogens is 1. The number of hydrogen-bond donors (Lipinski definition) is 0. The number of piperidine rings is 1. The van der Waals surface area contributed by atoms with Crippen molar-refractivity contribution < 1.29 is 4.52 Å². The Morgan fingerprint density at radius 1 is 1.27 bits per heavy atom. The molecule has 1 atom stereocenters. The van der Waals surface area contributed by atoms with Gasteiger partial charge in [0.05, 0.1) is 0 Å². The fourth-order valence-corrected chi connectivity index (χ4v) is 3.56. The lowest BCUT2D eigenvalue weighted by atomic mass is 9.93. The first-order valence-electron chi connectivity index (χ1n) is 8.51. The van der Waals surface area contributed by atoms with Crippen LogP contribution < -0.4 is 0 Å². The molecular weight excluding hydrogens is 272 g/mol. The van der Waals surface area contributed by atoms with E-state index in [-0.39, 0.29) is 0 Å². The fourth-order valence-electron chi connectivity index (χ4n) is 3.56. The largest absolute Gasteiger partial charge is 0.361 e. The van der Waals surface area contributed by atoms with E-state index < -0.39 is 0 Å². The molecule has 0 aliphatic carbocycles. The molecule has 1 aliphatic heterocycles. The number of hydrogen-bond acceptors (Lipinski definition) is 3. The Bertz CT molecular complexity index is 589. The van der Waals surface area contributed by atoms with Gasteiger partial charge in [0.15, 0.2) is 0 Å². The van der Waals surface area contributed by atoms with E-state index in [1.165, 1.54) is 44.3 Å². The molecule has 1 saturated heterocycles. The molecule has 0 N–H and O–H groups in total. The lowest BCUT2D eigenvalue weighted by Crippen LogP contribution is -2.35. The molecule has 0 unspecified atom stereocenters. The van der Waals surface area contributed by atoms with E-state index in [2.05, 4.69) is 41.2 Å². The predicted octanol–water partition coefficient (Wildman–Crippen LogP) is 4.66. The molecule has 1 aromatic carbocycles. The van der Waals surface area contributed by atoms with Gasteiger partial charge in [-0.3, -0.25) is 4.90 Å². The van der Waals surface area contributed by atoms with Crippen LogP contribution in [-0.2, 0) is 6.54 Å². The van der Waals surface area contributed by atoms with Gasteiger partial charge in [-0.15, -0.1) is 0 Å². The van der Waals surface area contributed by atoms with Gasteiger partial charge in [0.2, 0.25) is 0 Å². The van der Waals surface area contributed by atoms with E-state index in [1.807, 2.05) is 13.0 Å². The lowest BCUT2D eigenvalue weighted by molar-refractivity contribution is 0.160. The summed E-state index contributed by atoms with van der Waals surface area (Å²) in [5.74, 6) is 1.82.